The third kappa shape index (κ3) is 1.17. The molecule has 4 heteroatoms. The van der Waals surface area contributed by atoms with Gasteiger partial charge in [0, 0.05) is 13.2 Å². The van der Waals surface area contributed by atoms with Crippen LogP contribution in [0.4, 0.5) is 0 Å². The van der Waals surface area contributed by atoms with Crippen LogP contribution in [-0.4, -0.2) is 11.7 Å². The van der Waals surface area contributed by atoms with E-state index in [4.69, 9.17) is 10.00 Å². The first kappa shape index (κ1) is 8.34. The predicted octanol–water partition coefficient (Wildman–Crippen LogP) is 0.266. The number of hydrogen-bond donors (Lipinski definition) is 0. The molecule has 0 radical (unpaired) electrons. The van der Waals surface area contributed by atoms with Crippen LogP contribution in [-0.2, 0) is 7.05 Å². The maximum atomic E-state index is 11.2. The molecule has 0 aliphatic heterocycles. The average Bonchev–Trinajstić information content (AvgIpc) is 2.09. The molecule has 1 rings (SSSR count). The van der Waals surface area contributed by atoms with Crippen molar-refractivity contribution in [3.05, 3.63) is 28.2 Å². The highest BCUT2D eigenvalue weighted by atomic mass is 16.5. The van der Waals surface area contributed by atoms with Crippen molar-refractivity contribution >= 4 is 0 Å². The van der Waals surface area contributed by atoms with Crippen molar-refractivity contribution in [2.24, 2.45) is 7.05 Å². The zero-order chi connectivity index (χ0) is 9.14. The summed E-state index contributed by atoms with van der Waals surface area (Å²) in [6, 6.07) is 3.38. The van der Waals surface area contributed by atoms with Crippen molar-refractivity contribution in [3.8, 4) is 11.8 Å². The van der Waals surface area contributed by atoms with E-state index in [0.717, 1.165) is 0 Å². The van der Waals surface area contributed by atoms with Gasteiger partial charge in [0.25, 0.3) is 5.56 Å². The topological polar surface area (TPSA) is 55.0 Å². The minimum absolute atomic E-state index is 0.0440. The summed E-state index contributed by atoms with van der Waals surface area (Å²) in [5.74, 6) is 0.320. The average molecular weight is 169 g/mol. The molecular formula is C8H8N2O2. The quantitative estimate of drug-likeness (QED) is 0.606. The Morgan fingerprint density at radius 1 is 1.67 bits per heavy atom. The van der Waals surface area contributed by atoms with Gasteiger partial charge in [0.05, 0.1) is 7.11 Å². The fourth-order valence-corrected chi connectivity index (χ4v) is 0.885. The second kappa shape index (κ2) is 3.09. The smallest absolute Gasteiger partial charge is 0.272 e. The number of pyridine rings is 1. The molecule has 0 atom stereocenters. The Kier molecular flexibility index (Phi) is 2.15. The summed E-state index contributed by atoms with van der Waals surface area (Å²) in [5, 5.41) is 8.61. The summed E-state index contributed by atoms with van der Waals surface area (Å²) in [6.07, 6.45) is 1.56. The second-order valence-electron chi connectivity index (χ2n) is 2.29. The van der Waals surface area contributed by atoms with Crippen LogP contribution < -0.4 is 10.3 Å². The van der Waals surface area contributed by atoms with Crippen LogP contribution in [0.25, 0.3) is 0 Å². The summed E-state index contributed by atoms with van der Waals surface area (Å²) >= 11 is 0. The summed E-state index contributed by atoms with van der Waals surface area (Å²) in [5.41, 5.74) is -0.292. The minimum Gasteiger partial charge on any atom is -0.495 e. The van der Waals surface area contributed by atoms with E-state index in [-0.39, 0.29) is 11.1 Å². The molecule has 1 heterocycles. The first-order valence-corrected chi connectivity index (χ1v) is 3.34. The van der Waals surface area contributed by atoms with E-state index in [0.29, 0.717) is 5.75 Å². The number of hydrogen-bond acceptors (Lipinski definition) is 3. The Labute approximate surface area is 69.6 Å². The highest BCUT2D eigenvalue weighted by molar-refractivity contribution is 5.40. The van der Waals surface area contributed by atoms with Crippen molar-refractivity contribution in [1.29, 1.82) is 5.26 Å². The van der Waals surface area contributed by atoms with Crippen LogP contribution in [0.3, 0.4) is 0 Å². The molecular weight excluding hydrogens is 161 g/mol. The molecule has 0 unspecified atom stereocenters. The first-order chi connectivity index (χ1) is 5.70. The summed E-state index contributed by atoms with van der Waals surface area (Å²) in [7, 11) is 3.01. The molecule has 0 aliphatic carbocycles. The fourth-order valence-electron chi connectivity index (χ4n) is 0.885. The van der Waals surface area contributed by atoms with Crippen LogP contribution in [0.15, 0.2) is 17.1 Å². The van der Waals surface area contributed by atoms with E-state index >= 15 is 0 Å². The lowest BCUT2D eigenvalue weighted by Gasteiger charge is -2.02. The third-order valence-electron chi connectivity index (χ3n) is 1.56. The normalized spacial score (nSPS) is 9.08. The number of nitriles is 1. The fraction of sp³-hybridized carbons (Fsp3) is 0.250. The van der Waals surface area contributed by atoms with E-state index in [1.807, 2.05) is 0 Å². The SMILES string of the molecule is CO[13c]1[13cH][13cH]n(C)[13c](=O)[13c]1C#N. The maximum Gasteiger partial charge on any atom is 0.272 e. The maximum absolute atomic E-state index is 11.2. The van der Waals surface area contributed by atoms with Crippen molar-refractivity contribution in [1.82, 2.24) is 4.57 Å². The van der Waals surface area contributed by atoms with Gasteiger partial charge in [-0.1, -0.05) is 0 Å². The molecule has 12 heavy (non-hydrogen) atoms. The lowest BCUT2D eigenvalue weighted by atomic mass is 11.0. The Hall–Kier alpha value is -1.76. The highest BCUT2D eigenvalue weighted by Gasteiger charge is 2.06. The van der Waals surface area contributed by atoms with E-state index in [1.165, 1.54) is 11.7 Å². The zero-order valence-electron chi connectivity index (χ0n) is 6.87. The molecule has 62 valence electrons. The van der Waals surface area contributed by atoms with Gasteiger partial charge in [-0.15, -0.1) is 0 Å². The summed E-state index contributed by atoms with van der Waals surface area (Å²) < 4.78 is 6.17. The van der Waals surface area contributed by atoms with Gasteiger partial charge in [-0.2, -0.15) is 5.26 Å². The predicted molar refractivity (Wildman–Crippen MR) is 43.0 cm³/mol. The van der Waals surface area contributed by atoms with Gasteiger partial charge in [0.15, 0.2) is 5.56 Å². The van der Waals surface area contributed by atoms with Crippen molar-refractivity contribution in [3.63, 3.8) is 0 Å². The molecule has 0 saturated carbocycles. The van der Waals surface area contributed by atoms with Crippen LogP contribution in [0, 0.1) is 11.3 Å². The monoisotopic (exact) mass is 169 g/mol. The van der Waals surface area contributed by atoms with Gasteiger partial charge in [0.2, 0.25) is 0 Å². The summed E-state index contributed by atoms with van der Waals surface area (Å²) in [4.78, 5) is 11.2. The Morgan fingerprint density at radius 2 is 2.33 bits per heavy atom. The second-order valence-corrected chi connectivity index (χ2v) is 2.29. The molecule has 0 N–H and O–H groups in total. The minimum atomic E-state index is -0.336. The molecule has 0 aromatic carbocycles. The van der Waals surface area contributed by atoms with Crippen LogP contribution in [0.2, 0.25) is 0 Å². The largest absolute Gasteiger partial charge is 0.495 e. The van der Waals surface area contributed by atoms with Crippen LogP contribution in [0.1, 0.15) is 5.56 Å². The molecule has 0 spiro atoms. The number of methoxy groups -OCH3 is 1. The first-order valence-electron chi connectivity index (χ1n) is 3.34. The zero-order valence-corrected chi connectivity index (χ0v) is 6.87. The number of nitrogens with zero attached hydrogens (tertiary/aromatic N) is 2. The van der Waals surface area contributed by atoms with E-state index in [2.05, 4.69) is 0 Å². The van der Waals surface area contributed by atoms with Crippen LogP contribution >= 0.6 is 0 Å². The standard InChI is InChI=1S/C8H8N2O2/c1-10-4-3-7(12-2)6(5-9)8(10)11/h3-4H,1-2H3/i3+1,4+1,6+1,7+1,8+1. The van der Waals surface area contributed by atoms with Crippen molar-refractivity contribution in [2.45, 2.75) is 0 Å². The number of aryl methyl sites for hydroxylation is 1. The van der Waals surface area contributed by atoms with Crippen molar-refractivity contribution in [2.75, 3.05) is 7.11 Å². The molecule has 0 aliphatic rings. The molecule has 4 nitrogen and oxygen atoms in total. The number of aromatic nitrogens is 1. The van der Waals surface area contributed by atoms with Crippen molar-refractivity contribution < 1.29 is 4.74 Å². The van der Waals surface area contributed by atoms with Gasteiger partial charge in [-0.05, 0) is 6.07 Å². The molecule has 0 saturated heterocycles. The van der Waals surface area contributed by atoms with Gasteiger partial charge in [-0.3, -0.25) is 4.79 Å². The van der Waals surface area contributed by atoms with Gasteiger partial charge >= 0.3 is 0 Å². The molecule has 1 aromatic heterocycles. The Bertz CT molecular complexity index is 387. The molecule has 1 aromatic rings. The third-order valence-corrected chi connectivity index (χ3v) is 1.56. The molecule has 0 fully saturated rings. The van der Waals surface area contributed by atoms with E-state index < -0.39 is 0 Å². The lowest BCUT2D eigenvalue weighted by molar-refractivity contribution is 0.411. The van der Waals surface area contributed by atoms with Crippen LogP contribution in [0.5, 0.6) is 5.75 Å². The van der Waals surface area contributed by atoms with E-state index in [1.54, 1.807) is 25.4 Å². The van der Waals surface area contributed by atoms with E-state index in [9.17, 15) is 4.79 Å². The van der Waals surface area contributed by atoms with Gasteiger partial charge < -0.3 is 9.30 Å². The Balaban J connectivity index is 3.49. The Morgan fingerprint density at radius 3 is 2.83 bits per heavy atom. The number of ether oxygens (including phenoxy) is 1. The summed E-state index contributed by atoms with van der Waals surface area (Å²) in [6.45, 7) is 0. The number of rotatable bonds is 1. The van der Waals surface area contributed by atoms with Gasteiger partial charge in [-0.25, -0.2) is 0 Å². The molecule has 0 amide bonds. The lowest BCUT2D eigenvalue weighted by Crippen LogP contribution is -2.19. The molecule has 0 bridgehead atoms. The highest BCUT2D eigenvalue weighted by Crippen LogP contribution is 2.10. The van der Waals surface area contributed by atoms with Gasteiger partial charge in [0.1, 0.15) is 11.8 Å².